The molecule has 0 radical (unpaired) electrons. The summed E-state index contributed by atoms with van der Waals surface area (Å²) >= 11 is 0. The SMILES string of the molecule is CN(C)Cc1cc(CNc2ncc([N+](=O)[O-])cc2C(N)=O)ccc1F. The molecule has 2 rings (SSSR count). The molecule has 1 aromatic heterocycles. The molecule has 0 bridgehead atoms. The Morgan fingerprint density at radius 3 is 2.72 bits per heavy atom. The molecule has 0 spiro atoms. The number of nitrogens with zero attached hydrogens (tertiary/aromatic N) is 3. The molecule has 0 saturated heterocycles. The Balaban J connectivity index is 2.21. The fourth-order valence-electron chi connectivity index (χ4n) is 2.27. The van der Waals surface area contributed by atoms with E-state index in [1.165, 1.54) is 6.07 Å². The van der Waals surface area contributed by atoms with E-state index in [1.807, 2.05) is 19.0 Å². The van der Waals surface area contributed by atoms with Crippen LogP contribution in [-0.4, -0.2) is 34.8 Å². The first-order valence-electron chi connectivity index (χ1n) is 7.38. The van der Waals surface area contributed by atoms with Crippen LogP contribution in [0.25, 0.3) is 0 Å². The largest absolute Gasteiger partial charge is 0.365 e. The number of aromatic nitrogens is 1. The molecule has 0 unspecified atom stereocenters. The van der Waals surface area contributed by atoms with E-state index in [2.05, 4.69) is 10.3 Å². The third-order valence-electron chi connectivity index (χ3n) is 3.41. The van der Waals surface area contributed by atoms with Crippen molar-refractivity contribution in [1.82, 2.24) is 9.88 Å². The van der Waals surface area contributed by atoms with Gasteiger partial charge in [-0.3, -0.25) is 14.9 Å². The van der Waals surface area contributed by atoms with E-state index in [-0.39, 0.29) is 29.4 Å². The van der Waals surface area contributed by atoms with E-state index < -0.39 is 10.8 Å². The highest BCUT2D eigenvalue weighted by molar-refractivity contribution is 5.98. The lowest BCUT2D eigenvalue weighted by molar-refractivity contribution is -0.385. The number of nitrogens with two attached hydrogens (primary N) is 1. The molecule has 8 nitrogen and oxygen atoms in total. The quantitative estimate of drug-likeness (QED) is 0.584. The first kappa shape index (κ1) is 18.3. The molecule has 0 fully saturated rings. The van der Waals surface area contributed by atoms with Gasteiger partial charge in [-0.25, -0.2) is 9.37 Å². The highest BCUT2D eigenvalue weighted by atomic mass is 19.1. The number of halogens is 1. The predicted molar refractivity (Wildman–Crippen MR) is 90.5 cm³/mol. The number of anilines is 1. The van der Waals surface area contributed by atoms with Crippen LogP contribution in [-0.2, 0) is 13.1 Å². The van der Waals surface area contributed by atoms with Crippen LogP contribution in [0.4, 0.5) is 15.9 Å². The number of hydrogen-bond acceptors (Lipinski definition) is 6. The van der Waals surface area contributed by atoms with Gasteiger partial charge in [-0.15, -0.1) is 0 Å². The van der Waals surface area contributed by atoms with Gasteiger partial charge in [0.2, 0.25) is 0 Å². The zero-order valence-corrected chi connectivity index (χ0v) is 13.8. The van der Waals surface area contributed by atoms with Crippen molar-refractivity contribution >= 4 is 17.4 Å². The average Bonchev–Trinajstić information content (AvgIpc) is 2.54. The van der Waals surface area contributed by atoms with Gasteiger partial charge < -0.3 is 16.0 Å². The second-order valence-corrected chi connectivity index (χ2v) is 5.73. The maximum absolute atomic E-state index is 13.8. The molecule has 0 atom stereocenters. The Bertz CT molecular complexity index is 810. The first-order valence-corrected chi connectivity index (χ1v) is 7.38. The minimum absolute atomic E-state index is 0.0789. The van der Waals surface area contributed by atoms with Gasteiger partial charge in [-0.05, 0) is 31.8 Å². The van der Waals surface area contributed by atoms with Crippen molar-refractivity contribution in [1.29, 1.82) is 0 Å². The maximum atomic E-state index is 13.8. The normalized spacial score (nSPS) is 10.7. The van der Waals surface area contributed by atoms with Gasteiger partial charge in [0.05, 0.1) is 10.5 Å². The molecule has 1 aromatic carbocycles. The number of pyridine rings is 1. The summed E-state index contributed by atoms with van der Waals surface area (Å²) in [6, 6.07) is 5.75. The Morgan fingerprint density at radius 1 is 1.40 bits per heavy atom. The van der Waals surface area contributed by atoms with E-state index in [0.29, 0.717) is 12.1 Å². The van der Waals surface area contributed by atoms with Crippen LogP contribution in [0.5, 0.6) is 0 Å². The van der Waals surface area contributed by atoms with Gasteiger partial charge >= 0.3 is 0 Å². The molecule has 0 aliphatic rings. The second-order valence-electron chi connectivity index (χ2n) is 5.73. The monoisotopic (exact) mass is 347 g/mol. The third-order valence-corrected chi connectivity index (χ3v) is 3.41. The minimum atomic E-state index is -0.828. The van der Waals surface area contributed by atoms with E-state index in [9.17, 15) is 19.3 Å². The van der Waals surface area contributed by atoms with E-state index in [1.54, 1.807) is 12.1 Å². The third kappa shape index (κ3) is 4.70. The maximum Gasteiger partial charge on any atom is 0.288 e. The lowest BCUT2D eigenvalue weighted by atomic mass is 10.1. The molecule has 0 saturated carbocycles. The summed E-state index contributed by atoms with van der Waals surface area (Å²) in [5.41, 5.74) is 6.16. The summed E-state index contributed by atoms with van der Waals surface area (Å²) in [7, 11) is 3.68. The summed E-state index contributed by atoms with van der Waals surface area (Å²) in [5, 5.41) is 13.7. The summed E-state index contributed by atoms with van der Waals surface area (Å²) in [6.45, 7) is 0.702. The van der Waals surface area contributed by atoms with Crippen LogP contribution in [0.3, 0.4) is 0 Å². The minimum Gasteiger partial charge on any atom is -0.365 e. The molecule has 3 N–H and O–H groups in total. The molecule has 132 valence electrons. The van der Waals surface area contributed by atoms with Crippen molar-refractivity contribution in [3.8, 4) is 0 Å². The van der Waals surface area contributed by atoms with Gasteiger partial charge in [-0.2, -0.15) is 0 Å². The van der Waals surface area contributed by atoms with Crippen molar-refractivity contribution < 1.29 is 14.1 Å². The van der Waals surface area contributed by atoms with E-state index in [4.69, 9.17) is 5.73 Å². The summed E-state index contributed by atoms with van der Waals surface area (Å²) in [5.74, 6) is -0.994. The van der Waals surface area contributed by atoms with Crippen molar-refractivity contribution in [3.05, 3.63) is 63.1 Å². The van der Waals surface area contributed by atoms with Crippen LogP contribution in [0, 0.1) is 15.9 Å². The number of carbonyl (C=O) groups is 1. The molecular formula is C16H18FN5O3. The molecule has 0 aliphatic carbocycles. The molecule has 25 heavy (non-hydrogen) atoms. The van der Waals surface area contributed by atoms with Crippen LogP contribution in [0.15, 0.2) is 30.5 Å². The Labute approximate surface area is 143 Å². The van der Waals surface area contributed by atoms with Gasteiger partial charge in [0, 0.05) is 24.7 Å². The van der Waals surface area contributed by atoms with Crippen LogP contribution in [0.1, 0.15) is 21.5 Å². The first-order chi connectivity index (χ1) is 11.8. The summed E-state index contributed by atoms with van der Waals surface area (Å²) in [6.07, 6.45) is 1.04. The Kier molecular flexibility index (Phi) is 5.60. The summed E-state index contributed by atoms with van der Waals surface area (Å²) in [4.78, 5) is 27.3. The van der Waals surface area contributed by atoms with Crippen LogP contribution >= 0.6 is 0 Å². The fraction of sp³-hybridized carbons (Fsp3) is 0.250. The highest BCUT2D eigenvalue weighted by Gasteiger charge is 2.16. The standard InChI is InChI=1S/C16H18FN5O3/c1-21(2)9-11-5-10(3-4-14(11)17)7-19-16-13(15(18)23)6-12(8-20-16)22(24)25/h3-6,8H,7,9H2,1-2H3,(H2,18,23)(H,19,20). The number of amides is 1. The lowest BCUT2D eigenvalue weighted by Crippen LogP contribution is -2.16. The van der Waals surface area contributed by atoms with Gasteiger partial charge in [0.15, 0.2) is 0 Å². The zero-order chi connectivity index (χ0) is 18.6. The zero-order valence-electron chi connectivity index (χ0n) is 13.8. The van der Waals surface area contributed by atoms with Crippen molar-refractivity contribution in [2.45, 2.75) is 13.1 Å². The number of benzene rings is 1. The van der Waals surface area contributed by atoms with E-state index in [0.717, 1.165) is 17.8 Å². The number of carbonyl (C=O) groups excluding carboxylic acids is 1. The molecular weight excluding hydrogens is 329 g/mol. The molecule has 2 aromatic rings. The van der Waals surface area contributed by atoms with Crippen LogP contribution in [0.2, 0.25) is 0 Å². The number of primary amides is 1. The van der Waals surface area contributed by atoms with E-state index >= 15 is 0 Å². The molecule has 9 heteroatoms. The van der Waals surface area contributed by atoms with Gasteiger partial charge in [0.25, 0.3) is 11.6 Å². The summed E-state index contributed by atoms with van der Waals surface area (Å²) < 4.78 is 13.8. The number of nitrogens with one attached hydrogen (secondary N) is 1. The lowest BCUT2D eigenvalue weighted by Gasteiger charge is -2.13. The van der Waals surface area contributed by atoms with Gasteiger partial charge in [0.1, 0.15) is 17.8 Å². The Morgan fingerprint density at radius 2 is 2.12 bits per heavy atom. The second kappa shape index (κ2) is 7.67. The van der Waals surface area contributed by atoms with Crippen molar-refractivity contribution in [2.24, 2.45) is 5.73 Å². The Hall–Kier alpha value is -3.07. The topological polar surface area (TPSA) is 114 Å². The number of rotatable bonds is 7. The highest BCUT2D eigenvalue weighted by Crippen LogP contribution is 2.20. The average molecular weight is 347 g/mol. The smallest absolute Gasteiger partial charge is 0.288 e. The molecule has 1 heterocycles. The van der Waals surface area contributed by atoms with Crippen LogP contribution < -0.4 is 11.1 Å². The van der Waals surface area contributed by atoms with Crippen molar-refractivity contribution in [3.63, 3.8) is 0 Å². The number of nitro groups is 1. The molecule has 1 amide bonds. The predicted octanol–water partition coefficient (Wildman–Crippen LogP) is 1.90. The fourth-order valence-corrected chi connectivity index (χ4v) is 2.27. The number of hydrogen-bond donors (Lipinski definition) is 2. The van der Waals surface area contributed by atoms with Crippen molar-refractivity contribution in [2.75, 3.05) is 19.4 Å². The van der Waals surface area contributed by atoms with Gasteiger partial charge in [-0.1, -0.05) is 6.07 Å². The molecule has 0 aliphatic heterocycles.